The van der Waals surface area contributed by atoms with Crippen LogP contribution in [-0.2, 0) is 11.3 Å². The van der Waals surface area contributed by atoms with Gasteiger partial charge in [0, 0.05) is 36.0 Å². The molecule has 5 rings (SSSR count). The number of morpholine rings is 1. The Labute approximate surface area is 168 Å². The lowest BCUT2D eigenvalue weighted by Gasteiger charge is -2.31. The zero-order valence-electron chi connectivity index (χ0n) is 15.8. The van der Waals surface area contributed by atoms with E-state index < -0.39 is 0 Å². The maximum Gasteiger partial charge on any atom is 0.157 e. The van der Waals surface area contributed by atoms with E-state index >= 15 is 0 Å². The topological polar surface area (TPSA) is 38.5 Å². The molecule has 0 spiro atoms. The van der Waals surface area contributed by atoms with Crippen molar-refractivity contribution in [3.05, 3.63) is 76.1 Å². The van der Waals surface area contributed by atoms with Crippen LogP contribution in [0.2, 0.25) is 0 Å². The Hall–Kier alpha value is -2.47. The molecule has 1 aliphatic rings. The Morgan fingerprint density at radius 2 is 1.93 bits per heavy atom. The molecule has 4 aromatic rings. The van der Waals surface area contributed by atoms with E-state index in [9.17, 15) is 0 Å². The van der Waals surface area contributed by atoms with Crippen molar-refractivity contribution in [1.29, 1.82) is 0 Å². The number of fused-ring (bicyclic) bond motifs is 1. The first kappa shape index (κ1) is 17.6. The lowest BCUT2D eigenvalue weighted by atomic mass is 10.1. The molecule has 1 atom stereocenters. The summed E-state index contributed by atoms with van der Waals surface area (Å²) in [6.07, 6.45) is 0.0147. The number of aryl methyl sites for hydroxylation is 1. The van der Waals surface area contributed by atoms with Gasteiger partial charge in [0.25, 0.3) is 0 Å². The molecular weight excluding hydrogens is 368 g/mol. The Bertz CT molecular complexity index is 1090. The van der Waals surface area contributed by atoms with Crippen LogP contribution < -0.4 is 0 Å². The van der Waals surface area contributed by atoms with Gasteiger partial charge in [-0.25, -0.2) is 4.98 Å². The molecule has 0 saturated carbocycles. The van der Waals surface area contributed by atoms with Gasteiger partial charge in [-0.2, -0.15) is 0 Å². The Morgan fingerprint density at radius 3 is 2.79 bits per heavy atom. The van der Waals surface area contributed by atoms with Gasteiger partial charge >= 0.3 is 0 Å². The summed E-state index contributed by atoms with van der Waals surface area (Å²) in [6.45, 7) is 5.59. The molecule has 0 amide bonds. The van der Waals surface area contributed by atoms with Crippen LogP contribution in [0.15, 0.2) is 64.4 Å². The molecule has 1 saturated heterocycles. The van der Waals surface area contributed by atoms with E-state index in [-0.39, 0.29) is 6.10 Å². The monoisotopic (exact) mass is 390 g/mol. The third-order valence-corrected chi connectivity index (χ3v) is 6.21. The number of ether oxygens (including phenoxy) is 1. The van der Waals surface area contributed by atoms with Crippen LogP contribution >= 0.6 is 11.3 Å². The maximum absolute atomic E-state index is 6.08. The van der Waals surface area contributed by atoms with Crippen molar-refractivity contribution in [3.8, 4) is 11.5 Å². The summed E-state index contributed by atoms with van der Waals surface area (Å²) in [6, 6.07) is 18.7. The summed E-state index contributed by atoms with van der Waals surface area (Å²) < 4.78 is 12.1. The Balaban J connectivity index is 1.36. The van der Waals surface area contributed by atoms with Crippen molar-refractivity contribution in [3.63, 3.8) is 0 Å². The van der Waals surface area contributed by atoms with Crippen LogP contribution in [0, 0.1) is 6.92 Å². The zero-order chi connectivity index (χ0) is 18.9. The normalized spacial score (nSPS) is 18.0. The fraction of sp³-hybridized carbons (Fsp3) is 0.261. The number of hydrogen-bond donors (Lipinski definition) is 0. The van der Waals surface area contributed by atoms with E-state index in [0.717, 1.165) is 59.2 Å². The predicted molar refractivity (Wildman–Crippen MR) is 112 cm³/mol. The first-order valence-electron chi connectivity index (χ1n) is 9.60. The average molecular weight is 391 g/mol. The standard InChI is InChI=1S/C23H22N2O2S/c1-16-18-9-5-6-10-20(18)27-22(16)19-15-28-23(24-19)21-14-25(11-12-26-21)13-17-7-3-2-4-8-17/h2-10,15,21H,11-14H2,1H3. The third kappa shape index (κ3) is 3.37. The Kier molecular flexibility index (Phi) is 4.72. The van der Waals surface area contributed by atoms with Gasteiger partial charge in [0.05, 0.1) is 6.61 Å². The molecule has 2 aromatic heterocycles. The molecule has 28 heavy (non-hydrogen) atoms. The number of para-hydroxylation sites is 1. The first-order valence-corrected chi connectivity index (χ1v) is 10.5. The lowest BCUT2D eigenvalue weighted by molar-refractivity contribution is -0.0329. The molecule has 2 aromatic carbocycles. The van der Waals surface area contributed by atoms with Gasteiger partial charge in [-0.3, -0.25) is 4.90 Å². The van der Waals surface area contributed by atoms with Gasteiger partial charge < -0.3 is 9.15 Å². The van der Waals surface area contributed by atoms with Crippen LogP contribution in [0.3, 0.4) is 0 Å². The van der Waals surface area contributed by atoms with Crippen molar-refractivity contribution >= 4 is 22.3 Å². The molecule has 1 unspecified atom stereocenters. The van der Waals surface area contributed by atoms with Gasteiger partial charge in [0.1, 0.15) is 22.4 Å². The highest BCUT2D eigenvalue weighted by molar-refractivity contribution is 7.10. The number of nitrogens with zero attached hydrogens (tertiary/aromatic N) is 2. The number of furan rings is 1. The van der Waals surface area contributed by atoms with Crippen molar-refractivity contribution in [1.82, 2.24) is 9.88 Å². The molecule has 1 aliphatic heterocycles. The predicted octanol–water partition coefficient (Wildman–Crippen LogP) is 5.44. The second-order valence-electron chi connectivity index (χ2n) is 7.20. The number of aromatic nitrogens is 1. The van der Waals surface area contributed by atoms with E-state index in [1.807, 2.05) is 18.2 Å². The van der Waals surface area contributed by atoms with E-state index in [0.29, 0.717) is 0 Å². The van der Waals surface area contributed by atoms with E-state index in [4.69, 9.17) is 14.1 Å². The Morgan fingerprint density at radius 1 is 1.11 bits per heavy atom. The first-order chi connectivity index (χ1) is 13.8. The number of rotatable bonds is 4. The second-order valence-corrected chi connectivity index (χ2v) is 8.09. The second kappa shape index (κ2) is 7.51. The van der Waals surface area contributed by atoms with Crippen LogP contribution in [0.25, 0.3) is 22.4 Å². The molecule has 3 heterocycles. The quantitative estimate of drug-likeness (QED) is 0.465. The lowest BCUT2D eigenvalue weighted by Crippen LogP contribution is -2.37. The van der Waals surface area contributed by atoms with E-state index in [1.165, 1.54) is 5.56 Å². The molecule has 5 heteroatoms. The van der Waals surface area contributed by atoms with E-state index in [2.05, 4.69) is 53.6 Å². The van der Waals surface area contributed by atoms with Crippen LogP contribution in [0.1, 0.15) is 22.2 Å². The molecule has 142 valence electrons. The summed E-state index contributed by atoms with van der Waals surface area (Å²) in [7, 11) is 0. The summed E-state index contributed by atoms with van der Waals surface area (Å²) in [4.78, 5) is 7.32. The van der Waals surface area contributed by atoms with Crippen molar-refractivity contribution in [2.24, 2.45) is 0 Å². The molecule has 0 radical (unpaired) electrons. The fourth-order valence-corrected chi connectivity index (χ4v) is 4.63. The summed E-state index contributed by atoms with van der Waals surface area (Å²) >= 11 is 1.66. The summed E-state index contributed by atoms with van der Waals surface area (Å²) in [5.74, 6) is 0.862. The van der Waals surface area contributed by atoms with Crippen molar-refractivity contribution in [2.45, 2.75) is 19.6 Å². The van der Waals surface area contributed by atoms with Gasteiger partial charge in [-0.15, -0.1) is 11.3 Å². The zero-order valence-corrected chi connectivity index (χ0v) is 16.6. The highest BCUT2D eigenvalue weighted by atomic mass is 32.1. The minimum absolute atomic E-state index is 0.0147. The van der Waals surface area contributed by atoms with Crippen molar-refractivity contribution < 1.29 is 9.15 Å². The minimum atomic E-state index is 0.0147. The number of thiazole rings is 1. The smallest absolute Gasteiger partial charge is 0.157 e. The number of benzene rings is 2. The molecule has 1 fully saturated rings. The molecule has 0 bridgehead atoms. The van der Waals surface area contributed by atoms with Crippen LogP contribution in [0.5, 0.6) is 0 Å². The fourth-order valence-electron chi connectivity index (χ4n) is 3.80. The van der Waals surface area contributed by atoms with Gasteiger partial charge in [0.2, 0.25) is 0 Å². The van der Waals surface area contributed by atoms with Gasteiger partial charge in [-0.1, -0.05) is 48.5 Å². The van der Waals surface area contributed by atoms with Crippen molar-refractivity contribution in [2.75, 3.05) is 19.7 Å². The highest BCUT2D eigenvalue weighted by Crippen LogP contribution is 2.35. The van der Waals surface area contributed by atoms with Crippen LogP contribution in [-0.4, -0.2) is 29.6 Å². The van der Waals surface area contributed by atoms with E-state index in [1.54, 1.807) is 11.3 Å². The molecule has 0 N–H and O–H groups in total. The molecule has 0 aliphatic carbocycles. The van der Waals surface area contributed by atoms with Gasteiger partial charge in [0.15, 0.2) is 5.76 Å². The highest BCUT2D eigenvalue weighted by Gasteiger charge is 2.25. The third-order valence-electron chi connectivity index (χ3n) is 5.27. The van der Waals surface area contributed by atoms with Crippen LogP contribution in [0.4, 0.5) is 0 Å². The summed E-state index contributed by atoms with van der Waals surface area (Å²) in [5.41, 5.74) is 4.29. The minimum Gasteiger partial charge on any atom is -0.454 e. The maximum atomic E-state index is 6.08. The molecular formula is C23H22N2O2S. The SMILES string of the molecule is Cc1c(-c2csc(C3CN(Cc4ccccc4)CCO3)n2)oc2ccccc12. The summed E-state index contributed by atoms with van der Waals surface area (Å²) in [5, 5.41) is 4.25. The largest absolute Gasteiger partial charge is 0.454 e. The number of hydrogen-bond acceptors (Lipinski definition) is 5. The molecule has 4 nitrogen and oxygen atoms in total. The average Bonchev–Trinajstić information content (AvgIpc) is 3.34. The van der Waals surface area contributed by atoms with Gasteiger partial charge in [-0.05, 0) is 18.6 Å².